The molecule has 0 saturated carbocycles. The number of carbonyl (C=O) groups is 1. The van der Waals surface area contributed by atoms with Crippen molar-refractivity contribution in [2.24, 2.45) is 0 Å². The first kappa shape index (κ1) is 15.5. The third kappa shape index (κ3) is 3.85. The van der Waals surface area contributed by atoms with Crippen LogP contribution in [0.25, 0.3) is 0 Å². The van der Waals surface area contributed by atoms with Gasteiger partial charge in [-0.1, -0.05) is 0 Å². The zero-order chi connectivity index (χ0) is 15.4. The van der Waals surface area contributed by atoms with Gasteiger partial charge in [-0.15, -0.1) is 11.3 Å². The number of ether oxygens (including phenoxy) is 1. The number of anilines is 1. The number of nitrogens with one attached hydrogen (secondary N) is 1. The summed E-state index contributed by atoms with van der Waals surface area (Å²) in [5, 5.41) is 2.94. The van der Waals surface area contributed by atoms with Crippen LogP contribution < -0.4 is 10.2 Å². The number of rotatable bonds is 4. The Morgan fingerprint density at radius 1 is 1.36 bits per heavy atom. The van der Waals surface area contributed by atoms with Gasteiger partial charge in [-0.2, -0.15) is 0 Å². The monoisotopic (exact) mass is 381 g/mol. The third-order valence-electron chi connectivity index (χ3n) is 3.40. The fourth-order valence-corrected chi connectivity index (χ4v) is 3.54. The molecule has 22 heavy (non-hydrogen) atoms. The van der Waals surface area contributed by atoms with E-state index in [1.54, 1.807) is 6.20 Å². The fraction of sp³-hybridized carbons (Fsp3) is 0.333. The van der Waals surface area contributed by atoms with E-state index in [4.69, 9.17) is 4.74 Å². The molecule has 2 aromatic heterocycles. The quantitative estimate of drug-likeness (QED) is 0.884. The summed E-state index contributed by atoms with van der Waals surface area (Å²) in [5.74, 6) is 0.884. The lowest BCUT2D eigenvalue weighted by Crippen LogP contribution is -2.36. The number of amides is 1. The van der Waals surface area contributed by atoms with Crippen LogP contribution in [-0.4, -0.2) is 37.2 Å². The van der Waals surface area contributed by atoms with Gasteiger partial charge in [0.1, 0.15) is 5.82 Å². The second-order valence-corrected chi connectivity index (χ2v) is 7.37. The van der Waals surface area contributed by atoms with Crippen LogP contribution in [0, 0.1) is 0 Å². The molecule has 3 rings (SSSR count). The maximum Gasteiger partial charge on any atom is 0.261 e. The molecule has 7 heteroatoms. The Balaban J connectivity index is 1.61. The van der Waals surface area contributed by atoms with Gasteiger partial charge in [-0.3, -0.25) is 4.79 Å². The molecule has 1 aliphatic rings. The molecule has 1 N–H and O–H groups in total. The van der Waals surface area contributed by atoms with Gasteiger partial charge in [-0.05, 0) is 45.8 Å². The number of aromatic nitrogens is 1. The number of hydrogen-bond donors (Lipinski definition) is 1. The normalized spacial score (nSPS) is 14.9. The summed E-state index contributed by atoms with van der Waals surface area (Å²) >= 11 is 4.79. The maximum absolute atomic E-state index is 12.1. The largest absolute Gasteiger partial charge is 0.378 e. The molecule has 0 radical (unpaired) electrons. The minimum Gasteiger partial charge on any atom is -0.378 e. The van der Waals surface area contributed by atoms with E-state index in [2.05, 4.69) is 31.1 Å². The van der Waals surface area contributed by atoms with Crippen molar-refractivity contribution in [3.05, 3.63) is 44.7 Å². The van der Waals surface area contributed by atoms with Crippen molar-refractivity contribution in [3.8, 4) is 0 Å². The van der Waals surface area contributed by atoms with Crippen LogP contribution in [0.4, 0.5) is 5.82 Å². The average Bonchev–Trinajstić information content (AvgIpc) is 3.00. The highest BCUT2D eigenvalue weighted by Gasteiger charge is 2.13. The minimum atomic E-state index is -0.0552. The predicted molar refractivity (Wildman–Crippen MR) is 90.5 cm³/mol. The summed E-state index contributed by atoms with van der Waals surface area (Å²) < 4.78 is 6.31. The number of hydrogen-bond acceptors (Lipinski definition) is 5. The summed E-state index contributed by atoms with van der Waals surface area (Å²) in [7, 11) is 0. The number of morpholine rings is 1. The molecular formula is C15H16BrN3O2S. The van der Waals surface area contributed by atoms with E-state index < -0.39 is 0 Å². The standard InChI is InChI=1S/C15H16BrN3O2S/c16-13-2-1-12(22-13)15(20)18-10-11-3-4-17-14(9-11)19-5-7-21-8-6-19/h1-4,9H,5-8,10H2,(H,18,20). The second kappa shape index (κ2) is 7.21. The average molecular weight is 382 g/mol. The third-order valence-corrected chi connectivity index (χ3v) is 5.02. The Kier molecular flexibility index (Phi) is 5.07. The van der Waals surface area contributed by atoms with Crippen LogP contribution in [0.15, 0.2) is 34.2 Å². The van der Waals surface area contributed by atoms with Crippen molar-refractivity contribution in [1.82, 2.24) is 10.3 Å². The van der Waals surface area contributed by atoms with Gasteiger partial charge in [0.25, 0.3) is 5.91 Å². The summed E-state index contributed by atoms with van der Waals surface area (Å²) in [4.78, 5) is 19.4. The lowest BCUT2D eigenvalue weighted by Gasteiger charge is -2.28. The topological polar surface area (TPSA) is 54.5 Å². The highest BCUT2D eigenvalue weighted by Crippen LogP contribution is 2.22. The fourth-order valence-electron chi connectivity index (χ4n) is 2.24. The lowest BCUT2D eigenvalue weighted by molar-refractivity contribution is 0.0955. The SMILES string of the molecule is O=C(NCc1ccnc(N2CCOCC2)c1)c1ccc(Br)s1. The number of pyridine rings is 1. The number of halogens is 1. The zero-order valence-electron chi connectivity index (χ0n) is 11.9. The van der Waals surface area contributed by atoms with Gasteiger partial charge in [-0.25, -0.2) is 4.98 Å². The lowest BCUT2D eigenvalue weighted by atomic mass is 10.2. The van der Waals surface area contributed by atoms with E-state index in [0.29, 0.717) is 11.4 Å². The number of thiophene rings is 1. The minimum absolute atomic E-state index is 0.0552. The Hall–Kier alpha value is -1.44. The van der Waals surface area contributed by atoms with Crippen molar-refractivity contribution in [1.29, 1.82) is 0 Å². The van der Waals surface area contributed by atoms with E-state index in [1.807, 2.05) is 24.3 Å². The Morgan fingerprint density at radius 2 is 2.18 bits per heavy atom. The molecule has 116 valence electrons. The first-order valence-electron chi connectivity index (χ1n) is 7.03. The van der Waals surface area contributed by atoms with E-state index in [-0.39, 0.29) is 5.91 Å². The van der Waals surface area contributed by atoms with Crippen LogP contribution in [0.1, 0.15) is 15.2 Å². The molecule has 0 unspecified atom stereocenters. The molecule has 0 spiro atoms. The smallest absolute Gasteiger partial charge is 0.261 e. The molecule has 2 aromatic rings. The van der Waals surface area contributed by atoms with Gasteiger partial charge in [0.05, 0.1) is 21.9 Å². The van der Waals surface area contributed by atoms with Crippen LogP contribution in [0.3, 0.4) is 0 Å². The molecule has 3 heterocycles. The Labute approximate surface area is 141 Å². The number of nitrogens with zero attached hydrogens (tertiary/aromatic N) is 2. The number of carbonyl (C=O) groups excluding carboxylic acids is 1. The summed E-state index contributed by atoms with van der Waals surface area (Å²) in [6.07, 6.45) is 1.79. The summed E-state index contributed by atoms with van der Waals surface area (Å²) in [6.45, 7) is 3.66. The molecule has 1 saturated heterocycles. The summed E-state index contributed by atoms with van der Waals surface area (Å²) in [6, 6.07) is 7.64. The van der Waals surface area contributed by atoms with Crippen LogP contribution in [-0.2, 0) is 11.3 Å². The van der Waals surface area contributed by atoms with Crippen molar-refractivity contribution in [2.45, 2.75) is 6.54 Å². The molecular weight excluding hydrogens is 366 g/mol. The first-order valence-corrected chi connectivity index (χ1v) is 8.64. The second-order valence-electron chi connectivity index (χ2n) is 4.91. The molecule has 0 aromatic carbocycles. The van der Waals surface area contributed by atoms with Crippen LogP contribution >= 0.6 is 27.3 Å². The van der Waals surface area contributed by atoms with Crippen molar-refractivity contribution < 1.29 is 9.53 Å². The molecule has 5 nitrogen and oxygen atoms in total. The van der Waals surface area contributed by atoms with Gasteiger partial charge in [0.2, 0.25) is 0 Å². The molecule has 0 aliphatic carbocycles. The van der Waals surface area contributed by atoms with Crippen molar-refractivity contribution in [2.75, 3.05) is 31.2 Å². The van der Waals surface area contributed by atoms with Crippen molar-refractivity contribution in [3.63, 3.8) is 0 Å². The van der Waals surface area contributed by atoms with E-state index in [9.17, 15) is 4.79 Å². The van der Waals surface area contributed by atoms with E-state index in [0.717, 1.165) is 41.5 Å². The van der Waals surface area contributed by atoms with Crippen LogP contribution in [0.5, 0.6) is 0 Å². The maximum atomic E-state index is 12.1. The van der Waals surface area contributed by atoms with Gasteiger partial charge in [0, 0.05) is 25.8 Å². The van der Waals surface area contributed by atoms with Gasteiger partial charge < -0.3 is 15.0 Å². The molecule has 0 bridgehead atoms. The Bertz CT molecular complexity index is 656. The van der Waals surface area contributed by atoms with E-state index >= 15 is 0 Å². The first-order chi connectivity index (χ1) is 10.7. The highest BCUT2D eigenvalue weighted by atomic mass is 79.9. The zero-order valence-corrected chi connectivity index (χ0v) is 14.3. The molecule has 1 amide bonds. The predicted octanol–water partition coefficient (Wildman–Crippen LogP) is 2.67. The van der Waals surface area contributed by atoms with Gasteiger partial charge >= 0.3 is 0 Å². The van der Waals surface area contributed by atoms with Crippen molar-refractivity contribution >= 4 is 39.0 Å². The summed E-state index contributed by atoms with van der Waals surface area (Å²) in [5.41, 5.74) is 1.04. The molecule has 1 fully saturated rings. The molecule has 0 atom stereocenters. The van der Waals surface area contributed by atoms with Gasteiger partial charge in [0.15, 0.2) is 0 Å². The van der Waals surface area contributed by atoms with E-state index in [1.165, 1.54) is 11.3 Å². The highest BCUT2D eigenvalue weighted by molar-refractivity contribution is 9.11. The Morgan fingerprint density at radius 3 is 2.91 bits per heavy atom. The molecule has 1 aliphatic heterocycles. The van der Waals surface area contributed by atoms with Crippen LogP contribution in [0.2, 0.25) is 0 Å².